The third-order valence-corrected chi connectivity index (χ3v) is 7.77. The van der Waals surface area contributed by atoms with Gasteiger partial charge in [-0.1, -0.05) is 93.0 Å². The van der Waals surface area contributed by atoms with E-state index in [1.165, 1.54) is 10.4 Å². The van der Waals surface area contributed by atoms with Crippen molar-refractivity contribution in [1.29, 1.82) is 0 Å². The summed E-state index contributed by atoms with van der Waals surface area (Å²) in [5.41, 5.74) is 3.29. The summed E-state index contributed by atoms with van der Waals surface area (Å²) in [5, 5.41) is 3.26. The zero-order valence-corrected chi connectivity index (χ0v) is 19.9. The second kappa shape index (κ2) is 9.27. The van der Waals surface area contributed by atoms with E-state index in [2.05, 4.69) is 92.3 Å². The first-order valence-electron chi connectivity index (χ1n) is 10.5. The molecule has 31 heavy (non-hydrogen) atoms. The van der Waals surface area contributed by atoms with Gasteiger partial charge in [0, 0.05) is 23.0 Å². The van der Waals surface area contributed by atoms with Crippen LogP contribution in [0.1, 0.15) is 31.9 Å². The molecule has 0 N–H and O–H groups in total. The van der Waals surface area contributed by atoms with Gasteiger partial charge in [-0.05, 0) is 45.6 Å². The number of nitrogens with zero attached hydrogens (tertiary/aromatic N) is 1. The Hall–Kier alpha value is -2.59. The molecule has 0 unspecified atom stereocenters. The Morgan fingerprint density at radius 3 is 1.84 bits per heavy atom. The van der Waals surface area contributed by atoms with Crippen LogP contribution in [0, 0.1) is 0 Å². The zero-order chi connectivity index (χ0) is 21.8. The van der Waals surface area contributed by atoms with Gasteiger partial charge in [0.2, 0.25) is 0 Å². The van der Waals surface area contributed by atoms with Crippen molar-refractivity contribution < 1.29 is 4.43 Å². The van der Waals surface area contributed by atoms with Gasteiger partial charge in [0.1, 0.15) is 0 Å². The van der Waals surface area contributed by atoms with Gasteiger partial charge in [0.05, 0.1) is 12.3 Å². The van der Waals surface area contributed by atoms with Crippen molar-refractivity contribution in [3.63, 3.8) is 0 Å². The molecular formula is C27H27ClNOSi. The third kappa shape index (κ3) is 4.85. The standard InChI is InChI=1S/C27H27ClNOSi/c1-27(2,3)26-23(25(17-16-24(26)28)29-18-10-11-19-29)20-30-31(21-12-6-4-7-13-21)22-14-8-5-9-15-22/h4-19H,20H2,1-3H3. The monoisotopic (exact) mass is 444 g/mol. The summed E-state index contributed by atoms with van der Waals surface area (Å²) in [6.45, 7) is 7.12. The Morgan fingerprint density at radius 1 is 0.774 bits per heavy atom. The fourth-order valence-corrected chi connectivity index (χ4v) is 6.37. The summed E-state index contributed by atoms with van der Waals surface area (Å²) in [6.07, 6.45) is 4.14. The van der Waals surface area contributed by atoms with E-state index in [1.807, 2.05) is 30.3 Å². The van der Waals surface area contributed by atoms with Gasteiger partial charge in [-0.2, -0.15) is 0 Å². The minimum absolute atomic E-state index is 0.106. The Labute approximate surface area is 191 Å². The number of hydrogen-bond donors (Lipinski definition) is 0. The summed E-state index contributed by atoms with van der Waals surface area (Å²) in [6, 6.07) is 29.2. The van der Waals surface area contributed by atoms with Crippen LogP contribution < -0.4 is 10.4 Å². The van der Waals surface area contributed by atoms with E-state index in [-0.39, 0.29) is 5.41 Å². The normalized spacial score (nSPS) is 11.8. The Balaban J connectivity index is 1.78. The van der Waals surface area contributed by atoms with Crippen LogP contribution in [0.15, 0.2) is 97.3 Å². The number of benzene rings is 3. The topological polar surface area (TPSA) is 14.2 Å². The molecule has 2 nitrogen and oxygen atoms in total. The van der Waals surface area contributed by atoms with Gasteiger partial charge in [0.25, 0.3) is 9.04 Å². The maximum atomic E-state index is 6.76. The van der Waals surface area contributed by atoms with Crippen molar-refractivity contribution in [2.45, 2.75) is 32.8 Å². The fraction of sp³-hybridized carbons (Fsp3) is 0.185. The highest BCUT2D eigenvalue weighted by atomic mass is 35.5. The van der Waals surface area contributed by atoms with E-state index in [0.29, 0.717) is 6.61 Å². The lowest BCUT2D eigenvalue weighted by atomic mass is 9.83. The van der Waals surface area contributed by atoms with E-state index in [1.54, 1.807) is 0 Å². The Bertz CT molecular complexity index is 1080. The number of aromatic nitrogens is 1. The highest BCUT2D eigenvalue weighted by molar-refractivity contribution is 6.80. The fourth-order valence-electron chi connectivity index (χ4n) is 3.96. The van der Waals surface area contributed by atoms with E-state index in [0.717, 1.165) is 21.8 Å². The molecule has 1 aromatic heterocycles. The predicted molar refractivity (Wildman–Crippen MR) is 132 cm³/mol. The minimum atomic E-state index is -1.41. The molecule has 4 aromatic rings. The lowest BCUT2D eigenvalue weighted by molar-refractivity contribution is 0.317. The number of rotatable bonds is 6. The van der Waals surface area contributed by atoms with Crippen LogP contribution in [0.2, 0.25) is 5.02 Å². The first kappa shape index (κ1) is 21.6. The molecule has 0 bridgehead atoms. The molecule has 0 spiro atoms. The van der Waals surface area contributed by atoms with Gasteiger partial charge >= 0.3 is 0 Å². The highest BCUT2D eigenvalue weighted by Gasteiger charge is 2.26. The quantitative estimate of drug-likeness (QED) is 0.345. The van der Waals surface area contributed by atoms with Gasteiger partial charge in [-0.15, -0.1) is 0 Å². The van der Waals surface area contributed by atoms with Gasteiger partial charge in [-0.25, -0.2) is 0 Å². The van der Waals surface area contributed by atoms with Crippen LogP contribution in [0.5, 0.6) is 0 Å². The first-order valence-corrected chi connectivity index (χ1v) is 12.3. The van der Waals surface area contributed by atoms with Crippen LogP contribution in [0.4, 0.5) is 0 Å². The van der Waals surface area contributed by atoms with Crippen molar-refractivity contribution in [3.8, 4) is 5.69 Å². The average molecular weight is 445 g/mol. The molecule has 0 aliphatic heterocycles. The van der Waals surface area contributed by atoms with E-state index in [9.17, 15) is 0 Å². The molecule has 1 radical (unpaired) electrons. The summed E-state index contributed by atoms with van der Waals surface area (Å²) < 4.78 is 8.90. The second-order valence-electron chi connectivity index (χ2n) is 8.61. The predicted octanol–water partition coefficient (Wildman–Crippen LogP) is 5.75. The zero-order valence-electron chi connectivity index (χ0n) is 18.2. The average Bonchev–Trinajstić information content (AvgIpc) is 3.29. The molecule has 0 atom stereocenters. The molecular weight excluding hydrogens is 418 g/mol. The minimum Gasteiger partial charge on any atom is -0.403 e. The van der Waals surface area contributed by atoms with E-state index < -0.39 is 9.04 Å². The summed E-state index contributed by atoms with van der Waals surface area (Å²) in [5.74, 6) is 0. The maximum Gasteiger partial charge on any atom is 0.283 e. The molecule has 4 rings (SSSR count). The number of hydrogen-bond acceptors (Lipinski definition) is 1. The molecule has 3 aromatic carbocycles. The molecule has 0 amide bonds. The molecule has 0 aliphatic rings. The van der Waals surface area contributed by atoms with Gasteiger partial charge in [-0.3, -0.25) is 0 Å². The smallest absolute Gasteiger partial charge is 0.283 e. The summed E-state index contributed by atoms with van der Waals surface area (Å²) in [7, 11) is -1.41. The lowest BCUT2D eigenvalue weighted by Gasteiger charge is -2.28. The highest BCUT2D eigenvalue weighted by Crippen LogP contribution is 2.36. The first-order chi connectivity index (χ1) is 14.9. The molecule has 4 heteroatoms. The molecule has 0 saturated carbocycles. The Morgan fingerprint density at radius 2 is 1.32 bits per heavy atom. The van der Waals surface area contributed by atoms with Crippen molar-refractivity contribution in [2.75, 3.05) is 0 Å². The SMILES string of the molecule is CC(C)(C)c1c(Cl)ccc(-n2cccc2)c1CO[Si](c1ccccc1)c1ccccc1. The van der Waals surface area contributed by atoms with Crippen molar-refractivity contribution >= 4 is 31.0 Å². The van der Waals surface area contributed by atoms with E-state index >= 15 is 0 Å². The molecule has 0 fully saturated rings. The lowest BCUT2D eigenvalue weighted by Crippen LogP contribution is -2.44. The van der Waals surface area contributed by atoms with Crippen LogP contribution >= 0.6 is 11.6 Å². The summed E-state index contributed by atoms with van der Waals surface area (Å²) in [4.78, 5) is 0. The van der Waals surface area contributed by atoms with Gasteiger partial charge < -0.3 is 8.99 Å². The van der Waals surface area contributed by atoms with Crippen molar-refractivity contribution in [1.82, 2.24) is 4.57 Å². The molecule has 0 saturated heterocycles. The number of halogens is 1. The van der Waals surface area contributed by atoms with Crippen LogP contribution in [-0.2, 0) is 16.4 Å². The second-order valence-corrected chi connectivity index (χ2v) is 11.1. The molecule has 157 valence electrons. The van der Waals surface area contributed by atoms with Crippen molar-refractivity contribution in [3.05, 3.63) is 113 Å². The van der Waals surface area contributed by atoms with Crippen LogP contribution in [0.25, 0.3) is 5.69 Å². The maximum absolute atomic E-state index is 6.76. The van der Waals surface area contributed by atoms with Crippen LogP contribution in [-0.4, -0.2) is 13.6 Å². The molecule has 1 heterocycles. The van der Waals surface area contributed by atoms with Crippen molar-refractivity contribution in [2.24, 2.45) is 0 Å². The molecule has 0 aliphatic carbocycles. The largest absolute Gasteiger partial charge is 0.403 e. The Kier molecular flexibility index (Phi) is 6.47. The van der Waals surface area contributed by atoms with Crippen LogP contribution in [0.3, 0.4) is 0 Å². The summed E-state index contributed by atoms with van der Waals surface area (Å²) >= 11 is 6.74. The third-order valence-electron chi connectivity index (χ3n) is 5.30. The van der Waals surface area contributed by atoms with E-state index in [4.69, 9.17) is 16.0 Å². The van der Waals surface area contributed by atoms with Gasteiger partial charge in [0.15, 0.2) is 0 Å².